The van der Waals surface area contributed by atoms with Crippen molar-refractivity contribution in [1.29, 1.82) is 0 Å². The molecule has 1 rings (SSSR count). The van der Waals surface area contributed by atoms with Gasteiger partial charge in [-0.1, -0.05) is 6.08 Å². The summed E-state index contributed by atoms with van der Waals surface area (Å²) in [5.41, 5.74) is 0. The largest absolute Gasteiger partial charge is 0.293 e. The summed E-state index contributed by atoms with van der Waals surface area (Å²) in [6.45, 7) is 1.27. The zero-order valence-corrected chi connectivity index (χ0v) is 4.63. The highest BCUT2D eigenvalue weighted by molar-refractivity contribution is 5.92. The van der Waals surface area contributed by atoms with E-state index in [1.165, 1.54) is 0 Å². The molecule has 43 valence electrons. The standard InChI is InChI=1S/C6H8NO/c1-7-4-2-3-6(8)5-7/h2-3H,1,4-5H2. The third kappa shape index (κ3) is 1.17. The van der Waals surface area contributed by atoms with Crippen molar-refractivity contribution in [3.8, 4) is 0 Å². The highest BCUT2D eigenvalue weighted by Crippen LogP contribution is 1.93. The van der Waals surface area contributed by atoms with Crippen molar-refractivity contribution in [3.05, 3.63) is 19.2 Å². The first-order valence-electron chi connectivity index (χ1n) is 2.54. The Kier molecular flexibility index (Phi) is 1.44. The zero-order chi connectivity index (χ0) is 5.98. The monoisotopic (exact) mass is 110 g/mol. The predicted octanol–water partition coefficient (Wildman–Crippen LogP) is 0.219. The molecular formula is C6H8NO. The second-order valence-corrected chi connectivity index (χ2v) is 1.88. The van der Waals surface area contributed by atoms with E-state index >= 15 is 0 Å². The maximum absolute atomic E-state index is 10.5. The van der Waals surface area contributed by atoms with Crippen molar-refractivity contribution >= 4 is 5.78 Å². The summed E-state index contributed by atoms with van der Waals surface area (Å²) in [6, 6.07) is 0. The summed E-state index contributed by atoms with van der Waals surface area (Å²) in [5, 5.41) is 0. The minimum Gasteiger partial charge on any atom is -0.293 e. The smallest absolute Gasteiger partial charge is 0.169 e. The van der Waals surface area contributed by atoms with Crippen molar-refractivity contribution in [2.24, 2.45) is 0 Å². The Hall–Kier alpha value is -0.630. The van der Waals surface area contributed by atoms with Crippen molar-refractivity contribution in [3.63, 3.8) is 0 Å². The number of rotatable bonds is 0. The molecule has 0 bridgehead atoms. The van der Waals surface area contributed by atoms with Crippen LogP contribution in [0.2, 0.25) is 0 Å². The predicted molar refractivity (Wildman–Crippen MR) is 31.1 cm³/mol. The molecule has 8 heavy (non-hydrogen) atoms. The molecule has 0 aromatic heterocycles. The summed E-state index contributed by atoms with van der Waals surface area (Å²) in [7, 11) is 3.61. The van der Waals surface area contributed by atoms with Gasteiger partial charge in [-0.05, 0) is 6.08 Å². The average Bonchev–Trinajstić information content (AvgIpc) is 1.64. The Balaban J connectivity index is 2.54. The highest BCUT2D eigenvalue weighted by atomic mass is 16.1. The fourth-order valence-corrected chi connectivity index (χ4v) is 0.671. The number of carbonyl (C=O) groups is 1. The molecule has 2 nitrogen and oxygen atoms in total. The molecular weight excluding hydrogens is 102 g/mol. The van der Waals surface area contributed by atoms with Crippen LogP contribution in [-0.4, -0.2) is 23.8 Å². The van der Waals surface area contributed by atoms with E-state index < -0.39 is 0 Å². The van der Waals surface area contributed by atoms with Gasteiger partial charge in [0.2, 0.25) is 0 Å². The second kappa shape index (κ2) is 2.09. The third-order valence-electron chi connectivity index (χ3n) is 1.05. The summed E-state index contributed by atoms with van der Waals surface area (Å²) in [5.74, 6) is 0.145. The lowest BCUT2D eigenvalue weighted by molar-refractivity contribution is -0.115. The van der Waals surface area contributed by atoms with E-state index in [1.807, 2.05) is 6.08 Å². The van der Waals surface area contributed by atoms with E-state index in [9.17, 15) is 4.79 Å². The lowest BCUT2D eigenvalue weighted by Crippen LogP contribution is -2.26. The molecule has 2 heteroatoms. The maximum Gasteiger partial charge on any atom is 0.169 e. The van der Waals surface area contributed by atoms with Gasteiger partial charge < -0.3 is 0 Å². The normalized spacial score (nSPS) is 21.9. The fraction of sp³-hybridized carbons (Fsp3) is 0.333. The van der Waals surface area contributed by atoms with Crippen molar-refractivity contribution in [2.75, 3.05) is 13.1 Å². The van der Waals surface area contributed by atoms with E-state index in [4.69, 9.17) is 0 Å². The molecule has 0 amide bonds. The van der Waals surface area contributed by atoms with Crippen LogP contribution in [0.1, 0.15) is 0 Å². The van der Waals surface area contributed by atoms with Gasteiger partial charge >= 0.3 is 0 Å². The first kappa shape index (κ1) is 5.51. The van der Waals surface area contributed by atoms with Gasteiger partial charge in [0.25, 0.3) is 0 Å². The van der Waals surface area contributed by atoms with Crippen molar-refractivity contribution in [2.45, 2.75) is 0 Å². The van der Waals surface area contributed by atoms with Gasteiger partial charge in [-0.2, -0.15) is 0 Å². The molecule has 1 radical (unpaired) electrons. The SMILES string of the molecule is [CH2]N1CC=CC(=O)C1. The van der Waals surface area contributed by atoms with Crippen molar-refractivity contribution < 1.29 is 4.79 Å². The van der Waals surface area contributed by atoms with E-state index in [0.29, 0.717) is 6.54 Å². The minimum absolute atomic E-state index is 0.145. The molecule has 0 aromatic carbocycles. The van der Waals surface area contributed by atoms with Gasteiger partial charge in [0, 0.05) is 13.6 Å². The van der Waals surface area contributed by atoms with Crippen molar-refractivity contribution in [1.82, 2.24) is 4.90 Å². The van der Waals surface area contributed by atoms with Gasteiger partial charge in [-0.15, -0.1) is 0 Å². The molecule has 0 aromatic rings. The number of nitrogens with zero attached hydrogens (tertiary/aromatic N) is 1. The summed E-state index contributed by atoms with van der Waals surface area (Å²) in [6.07, 6.45) is 3.42. The molecule has 0 N–H and O–H groups in total. The lowest BCUT2D eigenvalue weighted by atomic mass is 10.2. The van der Waals surface area contributed by atoms with E-state index in [2.05, 4.69) is 7.05 Å². The number of hydrogen-bond donors (Lipinski definition) is 0. The zero-order valence-electron chi connectivity index (χ0n) is 4.63. The Morgan fingerprint density at radius 3 is 2.88 bits per heavy atom. The molecule has 1 aliphatic rings. The van der Waals surface area contributed by atoms with Crippen LogP contribution in [0.5, 0.6) is 0 Å². The molecule has 0 atom stereocenters. The molecule has 1 heterocycles. The quantitative estimate of drug-likeness (QED) is 0.444. The highest BCUT2D eigenvalue weighted by Gasteiger charge is 2.05. The third-order valence-corrected chi connectivity index (χ3v) is 1.05. The Bertz CT molecular complexity index is 128. The van der Waals surface area contributed by atoms with Crippen LogP contribution in [0.3, 0.4) is 0 Å². The lowest BCUT2D eigenvalue weighted by Gasteiger charge is -2.14. The van der Waals surface area contributed by atoms with Gasteiger partial charge in [0.15, 0.2) is 5.78 Å². The molecule has 1 aliphatic heterocycles. The summed E-state index contributed by atoms with van der Waals surface area (Å²) < 4.78 is 0. The Morgan fingerprint density at radius 2 is 2.50 bits per heavy atom. The molecule has 0 spiro atoms. The van der Waals surface area contributed by atoms with Crippen LogP contribution >= 0.6 is 0 Å². The van der Waals surface area contributed by atoms with Crippen LogP contribution in [-0.2, 0) is 4.79 Å². The van der Waals surface area contributed by atoms with Crippen LogP contribution in [0.15, 0.2) is 12.2 Å². The average molecular weight is 110 g/mol. The van der Waals surface area contributed by atoms with Crippen LogP contribution in [0.4, 0.5) is 0 Å². The molecule has 0 aliphatic carbocycles. The first-order chi connectivity index (χ1) is 3.79. The van der Waals surface area contributed by atoms with Gasteiger partial charge in [-0.3, -0.25) is 9.69 Å². The minimum atomic E-state index is 0.145. The molecule has 0 saturated heterocycles. The number of hydrogen-bond acceptors (Lipinski definition) is 2. The topological polar surface area (TPSA) is 20.3 Å². The van der Waals surface area contributed by atoms with E-state index in [-0.39, 0.29) is 5.78 Å². The molecule has 0 fully saturated rings. The van der Waals surface area contributed by atoms with Crippen LogP contribution < -0.4 is 0 Å². The van der Waals surface area contributed by atoms with Crippen LogP contribution in [0.25, 0.3) is 0 Å². The summed E-state index contributed by atoms with van der Waals surface area (Å²) in [4.78, 5) is 12.2. The van der Waals surface area contributed by atoms with E-state index in [1.54, 1.807) is 11.0 Å². The number of carbonyl (C=O) groups excluding carboxylic acids is 1. The summed E-state index contributed by atoms with van der Waals surface area (Å²) >= 11 is 0. The maximum atomic E-state index is 10.5. The van der Waals surface area contributed by atoms with E-state index in [0.717, 1.165) is 6.54 Å². The van der Waals surface area contributed by atoms with Gasteiger partial charge in [0.1, 0.15) is 0 Å². The van der Waals surface area contributed by atoms with Gasteiger partial charge in [-0.25, -0.2) is 0 Å². The molecule has 0 unspecified atom stereocenters. The van der Waals surface area contributed by atoms with Gasteiger partial charge in [0.05, 0.1) is 6.54 Å². The first-order valence-corrected chi connectivity index (χ1v) is 2.54. The second-order valence-electron chi connectivity index (χ2n) is 1.88. The number of ketones is 1. The Labute approximate surface area is 48.8 Å². The van der Waals surface area contributed by atoms with Crippen LogP contribution in [0, 0.1) is 7.05 Å². The fourth-order valence-electron chi connectivity index (χ4n) is 0.671. The molecule has 0 saturated carbocycles. The Morgan fingerprint density at radius 1 is 1.75 bits per heavy atom.